The second kappa shape index (κ2) is 7.56. The fraction of sp³-hybridized carbons (Fsp3) is 0.111. The number of carboxylic acids is 1. The third-order valence-corrected chi connectivity index (χ3v) is 3.79. The van der Waals surface area contributed by atoms with E-state index < -0.39 is 17.5 Å². The first-order valence-corrected chi connectivity index (χ1v) is 7.82. The van der Waals surface area contributed by atoms with Crippen LogP contribution in [-0.2, 0) is 4.79 Å². The molecule has 0 saturated carbocycles. The second-order valence-corrected chi connectivity index (χ2v) is 5.46. The summed E-state index contributed by atoms with van der Waals surface area (Å²) in [6.45, 7) is -0.637. The van der Waals surface area contributed by atoms with Gasteiger partial charge in [-0.05, 0) is 30.4 Å². The Morgan fingerprint density at radius 1 is 1.30 bits per heavy atom. The molecule has 27 heavy (non-hydrogen) atoms. The molecule has 0 saturated heterocycles. The van der Waals surface area contributed by atoms with Crippen molar-refractivity contribution in [2.75, 3.05) is 13.7 Å². The van der Waals surface area contributed by atoms with Crippen molar-refractivity contribution in [1.29, 1.82) is 0 Å². The van der Waals surface area contributed by atoms with Crippen LogP contribution in [0.15, 0.2) is 36.4 Å². The molecule has 3 aromatic rings. The number of ether oxygens (including phenoxy) is 2. The number of nitrogens with one attached hydrogen (secondary N) is 1. The normalized spacial score (nSPS) is 11.0. The quantitative estimate of drug-likeness (QED) is 0.484. The van der Waals surface area contributed by atoms with E-state index in [1.165, 1.54) is 19.2 Å². The first-order valence-electron chi connectivity index (χ1n) is 7.82. The number of nitro groups is 1. The predicted octanol–water partition coefficient (Wildman–Crippen LogP) is 3.11. The molecule has 2 N–H and O–H groups in total. The number of benzene rings is 2. The number of methoxy groups -OCH3 is 1. The number of carboxylic acid groups (broad SMARTS) is 1. The third-order valence-electron chi connectivity index (χ3n) is 3.79. The van der Waals surface area contributed by atoms with Crippen LogP contribution in [0.2, 0.25) is 0 Å². The summed E-state index contributed by atoms with van der Waals surface area (Å²) in [5.41, 5.74) is 1.43. The molecule has 0 aliphatic heterocycles. The minimum atomic E-state index is -1.20. The largest absolute Gasteiger partial charge is 0.488 e. The maximum atomic E-state index is 11.6. The predicted molar refractivity (Wildman–Crippen MR) is 97.8 cm³/mol. The SMILES string of the molecule is COc1c(OCC(=O)O)ccc(/C=C/c2n[nH]c3ccccc23)c1[N+](=O)[O-]. The number of para-hydroxylation sites is 1. The molecule has 0 radical (unpaired) electrons. The van der Waals surface area contributed by atoms with Crippen LogP contribution in [0.5, 0.6) is 11.5 Å². The molecule has 1 heterocycles. The van der Waals surface area contributed by atoms with Crippen molar-refractivity contribution in [3.8, 4) is 11.5 Å². The summed E-state index contributed by atoms with van der Waals surface area (Å²) >= 11 is 0. The number of nitrogens with zero attached hydrogens (tertiary/aromatic N) is 2. The van der Waals surface area contributed by atoms with Crippen molar-refractivity contribution in [3.63, 3.8) is 0 Å². The maximum Gasteiger partial charge on any atom is 0.341 e. The monoisotopic (exact) mass is 369 g/mol. The number of hydrogen-bond donors (Lipinski definition) is 2. The van der Waals surface area contributed by atoms with E-state index in [9.17, 15) is 14.9 Å². The number of rotatable bonds is 7. The number of nitro benzene ring substituents is 1. The Balaban J connectivity index is 2.01. The molecule has 0 aliphatic rings. The van der Waals surface area contributed by atoms with Crippen LogP contribution in [0.25, 0.3) is 23.1 Å². The number of hydrogen-bond acceptors (Lipinski definition) is 6. The van der Waals surface area contributed by atoms with Gasteiger partial charge in [-0.2, -0.15) is 5.10 Å². The van der Waals surface area contributed by atoms with Gasteiger partial charge < -0.3 is 14.6 Å². The molecular formula is C18H15N3O6. The number of carbonyl (C=O) groups is 1. The molecular weight excluding hydrogens is 354 g/mol. The van der Waals surface area contributed by atoms with Gasteiger partial charge in [0.2, 0.25) is 5.75 Å². The number of aromatic nitrogens is 2. The molecule has 138 valence electrons. The Hall–Kier alpha value is -3.88. The van der Waals surface area contributed by atoms with Gasteiger partial charge in [-0.25, -0.2) is 4.79 Å². The van der Waals surface area contributed by atoms with E-state index in [1.54, 1.807) is 12.2 Å². The number of aromatic amines is 1. The molecule has 0 bridgehead atoms. The highest BCUT2D eigenvalue weighted by molar-refractivity contribution is 5.90. The zero-order chi connectivity index (χ0) is 19.4. The average molecular weight is 369 g/mol. The minimum Gasteiger partial charge on any atom is -0.488 e. The Labute approximate surface area is 153 Å². The van der Waals surface area contributed by atoms with Crippen molar-refractivity contribution < 1.29 is 24.3 Å². The lowest BCUT2D eigenvalue weighted by Crippen LogP contribution is -2.10. The standard InChI is InChI=1S/C18H15N3O6/c1-26-18-15(27-10-16(22)23)9-7-11(17(18)21(24)25)6-8-14-12-4-2-3-5-13(12)19-20-14/h2-9H,10H2,1H3,(H,19,20)(H,22,23)/b8-6+. The van der Waals surface area contributed by atoms with Crippen LogP contribution in [0.1, 0.15) is 11.3 Å². The molecule has 9 heteroatoms. The van der Waals surface area contributed by atoms with Crippen molar-refractivity contribution in [1.82, 2.24) is 10.2 Å². The number of aliphatic carboxylic acids is 1. The molecule has 0 fully saturated rings. The lowest BCUT2D eigenvalue weighted by Gasteiger charge is -2.10. The fourth-order valence-electron chi connectivity index (χ4n) is 2.62. The van der Waals surface area contributed by atoms with Crippen molar-refractivity contribution in [2.24, 2.45) is 0 Å². The summed E-state index contributed by atoms with van der Waals surface area (Å²) in [5, 5.41) is 28.2. The summed E-state index contributed by atoms with van der Waals surface area (Å²) < 4.78 is 10.2. The molecule has 0 unspecified atom stereocenters. The Morgan fingerprint density at radius 3 is 2.78 bits per heavy atom. The lowest BCUT2D eigenvalue weighted by molar-refractivity contribution is -0.386. The molecule has 2 aromatic carbocycles. The van der Waals surface area contributed by atoms with Gasteiger partial charge in [0.1, 0.15) is 0 Å². The van der Waals surface area contributed by atoms with E-state index in [0.29, 0.717) is 5.69 Å². The van der Waals surface area contributed by atoms with Gasteiger partial charge in [0.25, 0.3) is 0 Å². The van der Waals surface area contributed by atoms with Crippen LogP contribution in [0.3, 0.4) is 0 Å². The summed E-state index contributed by atoms with van der Waals surface area (Å²) in [4.78, 5) is 21.6. The highest BCUT2D eigenvalue weighted by atomic mass is 16.6. The second-order valence-electron chi connectivity index (χ2n) is 5.46. The van der Waals surface area contributed by atoms with Crippen molar-refractivity contribution in [2.45, 2.75) is 0 Å². The topological polar surface area (TPSA) is 128 Å². The van der Waals surface area contributed by atoms with Gasteiger partial charge in [0, 0.05) is 5.39 Å². The lowest BCUT2D eigenvalue weighted by atomic mass is 10.1. The van der Waals surface area contributed by atoms with Gasteiger partial charge in [0.05, 0.1) is 28.8 Å². The number of H-pyrrole nitrogens is 1. The van der Waals surface area contributed by atoms with Gasteiger partial charge >= 0.3 is 11.7 Å². The van der Waals surface area contributed by atoms with Crippen LogP contribution in [-0.4, -0.2) is 39.9 Å². The van der Waals surface area contributed by atoms with E-state index in [2.05, 4.69) is 10.2 Å². The fourth-order valence-corrected chi connectivity index (χ4v) is 2.62. The smallest absolute Gasteiger partial charge is 0.341 e. The Morgan fingerprint density at radius 2 is 2.07 bits per heavy atom. The maximum absolute atomic E-state index is 11.6. The Kier molecular flexibility index (Phi) is 5.02. The highest BCUT2D eigenvalue weighted by Crippen LogP contribution is 2.40. The molecule has 0 amide bonds. The zero-order valence-corrected chi connectivity index (χ0v) is 14.2. The highest BCUT2D eigenvalue weighted by Gasteiger charge is 2.24. The first kappa shape index (κ1) is 17.9. The first-order chi connectivity index (χ1) is 13.0. The summed E-state index contributed by atoms with van der Waals surface area (Å²) in [6, 6.07) is 10.4. The van der Waals surface area contributed by atoms with Gasteiger partial charge in [0.15, 0.2) is 12.4 Å². The van der Waals surface area contributed by atoms with Gasteiger partial charge in [-0.1, -0.05) is 18.2 Å². The molecule has 0 spiro atoms. The van der Waals surface area contributed by atoms with E-state index in [4.69, 9.17) is 14.6 Å². The van der Waals surface area contributed by atoms with E-state index in [-0.39, 0.29) is 22.7 Å². The molecule has 0 atom stereocenters. The van der Waals surface area contributed by atoms with Crippen molar-refractivity contribution >= 4 is 34.7 Å². The van der Waals surface area contributed by atoms with E-state index in [1.807, 2.05) is 24.3 Å². The van der Waals surface area contributed by atoms with Crippen LogP contribution in [0, 0.1) is 10.1 Å². The number of fused-ring (bicyclic) bond motifs is 1. The molecule has 0 aliphatic carbocycles. The van der Waals surface area contributed by atoms with Gasteiger partial charge in [-0.3, -0.25) is 15.2 Å². The molecule has 3 rings (SSSR count). The third kappa shape index (κ3) is 3.71. The van der Waals surface area contributed by atoms with Gasteiger partial charge in [-0.15, -0.1) is 0 Å². The Bertz CT molecular complexity index is 1040. The van der Waals surface area contributed by atoms with Crippen LogP contribution in [0.4, 0.5) is 5.69 Å². The zero-order valence-electron chi connectivity index (χ0n) is 14.2. The summed E-state index contributed by atoms with van der Waals surface area (Å²) in [5.74, 6) is -1.36. The van der Waals surface area contributed by atoms with Crippen LogP contribution >= 0.6 is 0 Å². The van der Waals surface area contributed by atoms with Crippen LogP contribution < -0.4 is 9.47 Å². The minimum absolute atomic E-state index is 0.0195. The summed E-state index contributed by atoms with van der Waals surface area (Å²) in [7, 11) is 1.25. The van der Waals surface area contributed by atoms with E-state index >= 15 is 0 Å². The van der Waals surface area contributed by atoms with E-state index in [0.717, 1.165) is 10.9 Å². The molecule has 1 aromatic heterocycles. The average Bonchev–Trinajstić information content (AvgIpc) is 3.07. The molecule has 9 nitrogen and oxygen atoms in total. The van der Waals surface area contributed by atoms with Crippen molar-refractivity contribution in [3.05, 3.63) is 57.8 Å². The summed E-state index contributed by atoms with van der Waals surface area (Å²) in [6.07, 6.45) is 3.20.